The molecule has 3 fully saturated rings. The van der Waals surface area contributed by atoms with Gasteiger partial charge in [0.2, 0.25) is 0 Å². The topological polar surface area (TPSA) is 18.5 Å². The van der Waals surface area contributed by atoms with Crippen LogP contribution in [0.2, 0.25) is 0 Å². The third-order valence-corrected chi connectivity index (χ3v) is 6.20. The molecule has 0 aromatic carbocycles. The Morgan fingerprint density at radius 3 is 2.56 bits per heavy atom. The van der Waals surface area contributed by atoms with Gasteiger partial charge >= 0.3 is 0 Å². The van der Waals surface area contributed by atoms with Crippen LogP contribution in [-0.2, 0) is 9.47 Å². The predicted molar refractivity (Wildman–Crippen MR) is 63.0 cm³/mol. The molecule has 2 nitrogen and oxygen atoms in total. The zero-order valence-electron chi connectivity index (χ0n) is 11.0. The highest BCUT2D eigenvalue weighted by Gasteiger charge is 2.67. The first-order valence-electron chi connectivity index (χ1n) is 6.69. The van der Waals surface area contributed by atoms with Gasteiger partial charge in [-0.25, -0.2) is 0 Å². The second kappa shape index (κ2) is 3.23. The number of rotatable bonds is 1. The molecule has 0 radical (unpaired) electrons. The molecule has 2 unspecified atom stereocenters. The van der Waals surface area contributed by atoms with Gasteiger partial charge in [0.25, 0.3) is 0 Å². The summed E-state index contributed by atoms with van der Waals surface area (Å²) in [5, 5.41) is 0. The van der Waals surface area contributed by atoms with Gasteiger partial charge in [-0.05, 0) is 48.3 Å². The molecule has 0 aromatic rings. The maximum atomic E-state index is 6.21. The summed E-state index contributed by atoms with van der Waals surface area (Å²) in [6.07, 6.45) is 5.62. The lowest BCUT2D eigenvalue weighted by Crippen LogP contribution is -2.45. The molecule has 2 aliphatic carbocycles. The van der Waals surface area contributed by atoms with E-state index in [1.807, 2.05) is 0 Å². The van der Waals surface area contributed by atoms with Crippen LogP contribution < -0.4 is 0 Å². The second-order valence-corrected chi connectivity index (χ2v) is 6.75. The Morgan fingerprint density at radius 2 is 1.88 bits per heavy atom. The largest absolute Gasteiger partial charge is 0.356 e. The van der Waals surface area contributed by atoms with Gasteiger partial charge in [-0.15, -0.1) is 0 Å². The van der Waals surface area contributed by atoms with Gasteiger partial charge in [-0.2, -0.15) is 0 Å². The van der Waals surface area contributed by atoms with Gasteiger partial charge in [0.1, 0.15) is 0 Å². The van der Waals surface area contributed by atoms with E-state index >= 15 is 0 Å². The van der Waals surface area contributed by atoms with Crippen molar-refractivity contribution in [3.8, 4) is 0 Å². The average molecular weight is 224 g/mol. The summed E-state index contributed by atoms with van der Waals surface area (Å²) < 4.78 is 11.6. The molecule has 1 aliphatic heterocycles. The summed E-state index contributed by atoms with van der Waals surface area (Å²) in [7, 11) is 1.77. The van der Waals surface area contributed by atoms with Gasteiger partial charge in [-0.1, -0.05) is 20.8 Å². The van der Waals surface area contributed by atoms with Crippen LogP contribution in [0.25, 0.3) is 0 Å². The Hall–Kier alpha value is -0.0800. The highest BCUT2D eigenvalue weighted by Crippen LogP contribution is 2.70. The zero-order valence-corrected chi connectivity index (χ0v) is 11.0. The molecule has 2 heteroatoms. The molecule has 0 aromatic heterocycles. The minimum absolute atomic E-state index is 0.0493. The van der Waals surface area contributed by atoms with Crippen LogP contribution in [0.5, 0.6) is 0 Å². The summed E-state index contributed by atoms with van der Waals surface area (Å²) in [4.78, 5) is 0. The zero-order chi connectivity index (χ0) is 11.6. The minimum atomic E-state index is 0.0493. The van der Waals surface area contributed by atoms with Crippen molar-refractivity contribution < 1.29 is 9.47 Å². The molecule has 0 amide bonds. The molecular formula is C14H24O2. The number of hydrogen-bond donors (Lipinski definition) is 0. The molecule has 16 heavy (non-hydrogen) atoms. The van der Waals surface area contributed by atoms with Crippen molar-refractivity contribution in [2.45, 2.75) is 58.8 Å². The summed E-state index contributed by atoms with van der Waals surface area (Å²) in [6, 6.07) is 0. The highest BCUT2D eigenvalue weighted by molar-refractivity contribution is 5.15. The molecule has 5 atom stereocenters. The summed E-state index contributed by atoms with van der Waals surface area (Å²) in [5.41, 5.74) is 0.824. The molecule has 1 heterocycles. The van der Waals surface area contributed by atoms with Crippen LogP contribution in [0.1, 0.15) is 46.5 Å². The van der Waals surface area contributed by atoms with Crippen molar-refractivity contribution in [1.29, 1.82) is 0 Å². The van der Waals surface area contributed by atoms with Crippen LogP contribution in [-0.4, -0.2) is 19.5 Å². The van der Waals surface area contributed by atoms with Crippen molar-refractivity contribution in [3.05, 3.63) is 0 Å². The smallest absolute Gasteiger partial charge is 0.157 e. The lowest BCUT2D eigenvalue weighted by atomic mass is 9.69. The van der Waals surface area contributed by atoms with Gasteiger partial charge in [0.05, 0.1) is 6.10 Å². The Balaban J connectivity index is 1.92. The maximum absolute atomic E-state index is 6.21. The summed E-state index contributed by atoms with van der Waals surface area (Å²) in [6.45, 7) is 7.35. The van der Waals surface area contributed by atoms with Crippen molar-refractivity contribution in [2.75, 3.05) is 7.11 Å². The van der Waals surface area contributed by atoms with Crippen molar-refractivity contribution >= 4 is 0 Å². The van der Waals surface area contributed by atoms with Crippen molar-refractivity contribution in [3.63, 3.8) is 0 Å². The van der Waals surface area contributed by atoms with Crippen LogP contribution in [0.4, 0.5) is 0 Å². The first-order valence-corrected chi connectivity index (χ1v) is 6.69. The van der Waals surface area contributed by atoms with E-state index < -0.39 is 0 Å². The molecule has 0 spiro atoms. The van der Waals surface area contributed by atoms with Gasteiger partial charge in [0.15, 0.2) is 6.29 Å². The maximum Gasteiger partial charge on any atom is 0.157 e. The molecule has 2 saturated carbocycles. The van der Waals surface area contributed by atoms with E-state index in [2.05, 4.69) is 20.8 Å². The normalized spacial score (nSPS) is 54.0. The van der Waals surface area contributed by atoms with E-state index in [9.17, 15) is 0 Å². The first-order chi connectivity index (χ1) is 7.50. The lowest BCUT2D eigenvalue weighted by molar-refractivity contribution is -0.224. The van der Waals surface area contributed by atoms with Crippen LogP contribution in [0.15, 0.2) is 0 Å². The van der Waals surface area contributed by atoms with E-state index in [4.69, 9.17) is 9.47 Å². The fraction of sp³-hybridized carbons (Fsp3) is 1.00. The quantitative estimate of drug-likeness (QED) is 0.681. The Morgan fingerprint density at radius 1 is 1.12 bits per heavy atom. The Bertz CT molecular complexity index is 299. The molecule has 0 N–H and O–H groups in total. The fourth-order valence-corrected chi connectivity index (χ4v) is 4.84. The first kappa shape index (κ1) is 11.0. The predicted octanol–water partition coefficient (Wildman–Crippen LogP) is 3.21. The van der Waals surface area contributed by atoms with E-state index in [-0.39, 0.29) is 6.29 Å². The van der Waals surface area contributed by atoms with Gasteiger partial charge in [0, 0.05) is 7.11 Å². The monoisotopic (exact) mass is 224 g/mol. The van der Waals surface area contributed by atoms with E-state index in [0.717, 1.165) is 18.3 Å². The minimum Gasteiger partial charge on any atom is -0.356 e. The second-order valence-electron chi connectivity index (χ2n) is 6.75. The molecular weight excluding hydrogens is 200 g/mol. The molecule has 3 aliphatic rings. The number of hydrogen-bond acceptors (Lipinski definition) is 2. The van der Waals surface area contributed by atoms with Crippen LogP contribution in [0.3, 0.4) is 0 Å². The molecule has 2 bridgehead atoms. The van der Waals surface area contributed by atoms with Gasteiger partial charge < -0.3 is 9.47 Å². The van der Waals surface area contributed by atoms with E-state index in [1.165, 1.54) is 19.3 Å². The highest BCUT2D eigenvalue weighted by atomic mass is 16.7. The van der Waals surface area contributed by atoms with E-state index in [1.54, 1.807) is 7.11 Å². The Kier molecular flexibility index (Phi) is 2.23. The van der Waals surface area contributed by atoms with Gasteiger partial charge in [-0.3, -0.25) is 0 Å². The molecule has 1 saturated heterocycles. The number of methoxy groups -OCH3 is 1. The molecule has 92 valence electrons. The lowest BCUT2D eigenvalue weighted by Gasteiger charge is -2.44. The SMILES string of the molecule is CO[C@H]1CC[C@H]2C3CCC(C)([C@H]2O1)C3(C)C. The van der Waals surface area contributed by atoms with Crippen molar-refractivity contribution in [2.24, 2.45) is 22.7 Å². The third-order valence-electron chi connectivity index (χ3n) is 6.20. The third kappa shape index (κ3) is 1.10. The number of ether oxygens (including phenoxy) is 2. The number of fused-ring (bicyclic) bond motifs is 5. The molecule has 3 rings (SSSR count). The van der Waals surface area contributed by atoms with Crippen LogP contribution >= 0.6 is 0 Å². The van der Waals surface area contributed by atoms with Crippen LogP contribution in [0, 0.1) is 22.7 Å². The fourth-order valence-electron chi connectivity index (χ4n) is 4.84. The standard InChI is InChI=1S/C14H24O2/c1-13(2)10-7-8-14(13,3)12-9(10)5-6-11(15-4)16-12/h9-12H,5-8H2,1-4H3/t9-,10?,11+,12-,14?/m0/s1. The average Bonchev–Trinajstić information content (AvgIpc) is 2.59. The Labute approximate surface area is 98.7 Å². The van der Waals surface area contributed by atoms with E-state index in [0.29, 0.717) is 16.9 Å². The summed E-state index contributed by atoms with van der Waals surface area (Å²) in [5.74, 6) is 1.67. The van der Waals surface area contributed by atoms with Crippen molar-refractivity contribution in [1.82, 2.24) is 0 Å². The summed E-state index contributed by atoms with van der Waals surface area (Å²) >= 11 is 0.